The van der Waals surface area contributed by atoms with Crippen molar-refractivity contribution in [2.75, 3.05) is 14.2 Å². The van der Waals surface area contributed by atoms with Crippen LogP contribution in [0.2, 0.25) is 10.0 Å². The van der Waals surface area contributed by atoms with Gasteiger partial charge in [0.1, 0.15) is 17.0 Å². The summed E-state index contributed by atoms with van der Waals surface area (Å²) in [6, 6.07) is 1.69. The number of halogens is 3. The topological polar surface area (TPSA) is 31.4 Å². The highest BCUT2D eigenvalue weighted by molar-refractivity contribution is 9.10. The summed E-state index contributed by atoms with van der Waals surface area (Å²) in [7, 11) is 3.10. The van der Waals surface area contributed by atoms with Crippen molar-refractivity contribution in [2.45, 2.75) is 0 Å². The van der Waals surface area contributed by atoms with E-state index in [1.165, 1.54) is 0 Å². The summed E-state index contributed by atoms with van der Waals surface area (Å²) >= 11 is 15.6. The molecular formula is C11H8BrCl2NO2. The summed E-state index contributed by atoms with van der Waals surface area (Å²) in [5.74, 6) is 1.10. The fourth-order valence-corrected chi connectivity index (χ4v) is 2.59. The predicted octanol–water partition coefficient (Wildman–Crippen LogP) is 4.32. The molecule has 3 nitrogen and oxygen atoms in total. The van der Waals surface area contributed by atoms with E-state index in [4.69, 9.17) is 32.7 Å². The molecular weight excluding hydrogens is 329 g/mol. The zero-order chi connectivity index (χ0) is 12.6. The molecule has 0 aliphatic heterocycles. The van der Waals surface area contributed by atoms with Crippen LogP contribution >= 0.6 is 39.1 Å². The van der Waals surface area contributed by atoms with Crippen LogP contribution in [0, 0.1) is 0 Å². The van der Waals surface area contributed by atoms with Crippen LogP contribution in [0.5, 0.6) is 11.5 Å². The Bertz CT molecular complexity index is 589. The maximum atomic E-state index is 6.24. The highest BCUT2D eigenvalue weighted by atomic mass is 79.9. The molecule has 0 aliphatic carbocycles. The van der Waals surface area contributed by atoms with Crippen molar-refractivity contribution >= 4 is 50.0 Å². The third kappa shape index (κ3) is 2.05. The van der Waals surface area contributed by atoms with Crippen molar-refractivity contribution in [3.05, 3.63) is 26.8 Å². The highest BCUT2D eigenvalue weighted by Gasteiger charge is 2.17. The lowest BCUT2D eigenvalue weighted by Gasteiger charge is -2.12. The van der Waals surface area contributed by atoms with Crippen LogP contribution in [0.3, 0.4) is 0 Å². The molecule has 2 aromatic rings. The van der Waals surface area contributed by atoms with E-state index in [0.29, 0.717) is 36.9 Å². The van der Waals surface area contributed by atoms with Gasteiger partial charge in [0.2, 0.25) is 0 Å². The van der Waals surface area contributed by atoms with Crippen LogP contribution in [-0.2, 0) is 0 Å². The van der Waals surface area contributed by atoms with Gasteiger partial charge in [0, 0.05) is 22.1 Å². The third-order valence-corrected chi connectivity index (χ3v) is 4.06. The van der Waals surface area contributed by atoms with Gasteiger partial charge in [-0.1, -0.05) is 23.2 Å². The molecule has 0 spiro atoms. The highest BCUT2D eigenvalue weighted by Crippen LogP contribution is 2.43. The number of hydrogen-bond acceptors (Lipinski definition) is 3. The molecule has 0 atom stereocenters. The molecule has 0 amide bonds. The van der Waals surface area contributed by atoms with Crippen LogP contribution in [0.15, 0.2) is 16.7 Å². The number of rotatable bonds is 2. The fraction of sp³-hybridized carbons (Fsp3) is 0.182. The molecule has 1 aromatic heterocycles. The Balaban J connectivity index is 2.95. The zero-order valence-corrected chi connectivity index (χ0v) is 12.2. The molecule has 0 aliphatic rings. The minimum absolute atomic E-state index is 0.449. The number of methoxy groups -OCH3 is 2. The lowest BCUT2D eigenvalue weighted by atomic mass is 10.2. The summed E-state index contributed by atoms with van der Waals surface area (Å²) < 4.78 is 11.1. The minimum Gasteiger partial charge on any atom is -0.495 e. The minimum atomic E-state index is 0.449. The van der Waals surface area contributed by atoms with Gasteiger partial charge >= 0.3 is 0 Å². The Labute approximate surface area is 117 Å². The second-order valence-corrected chi connectivity index (χ2v) is 4.82. The molecule has 0 unspecified atom stereocenters. The predicted molar refractivity (Wildman–Crippen MR) is 72.6 cm³/mol. The summed E-state index contributed by atoms with van der Waals surface area (Å²) in [5.41, 5.74) is 0.634. The SMILES string of the molecule is COc1cc(OC)c2ncc(Cl)c(Br)c2c1Cl. The van der Waals surface area contributed by atoms with Gasteiger partial charge in [0.25, 0.3) is 0 Å². The monoisotopic (exact) mass is 335 g/mol. The van der Waals surface area contributed by atoms with Gasteiger partial charge in [-0.15, -0.1) is 0 Å². The van der Waals surface area contributed by atoms with E-state index in [1.807, 2.05) is 0 Å². The molecule has 0 fully saturated rings. The molecule has 0 saturated carbocycles. The molecule has 17 heavy (non-hydrogen) atoms. The summed E-state index contributed by atoms with van der Waals surface area (Å²) in [6.07, 6.45) is 1.54. The first kappa shape index (κ1) is 12.7. The third-order valence-electron chi connectivity index (χ3n) is 2.34. The molecule has 2 rings (SSSR count). The lowest BCUT2D eigenvalue weighted by Crippen LogP contribution is -1.93. The normalized spacial score (nSPS) is 10.6. The zero-order valence-electron chi connectivity index (χ0n) is 9.05. The number of benzene rings is 1. The van der Waals surface area contributed by atoms with Crippen molar-refractivity contribution in [3.63, 3.8) is 0 Å². The summed E-state index contributed by atoms with van der Waals surface area (Å²) in [6.45, 7) is 0. The van der Waals surface area contributed by atoms with E-state index in [-0.39, 0.29) is 0 Å². The second kappa shape index (κ2) is 4.88. The van der Waals surface area contributed by atoms with Gasteiger partial charge in [0.05, 0.1) is 24.3 Å². The second-order valence-electron chi connectivity index (χ2n) is 3.24. The van der Waals surface area contributed by atoms with E-state index in [2.05, 4.69) is 20.9 Å². The molecule has 90 valence electrons. The first-order valence-electron chi connectivity index (χ1n) is 4.64. The number of fused-ring (bicyclic) bond motifs is 1. The average Bonchev–Trinajstić information content (AvgIpc) is 2.34. The molecule has 0 saturated heterocycles. The molecule has 0 N–H and O–H groups in total. The number of hydrogen-bond donors (Lipinski definition) is 0. The van der Waals surface area contributed by atoms with E-state index < -0.39 is 0 Å². The number of ether oxygens (including phenoxy) is 2. The quantitative estimate of drug-likeness (QED) is 0.818. The first-order valence-corrected chi connectivity index (χ1v) is 6.19. The Kier molecular flexibility index (Phi) is 3.66. The first-order chi connectivity index (χ1) is 8.10. The molecule has 1 aromatic carbocycles. The lowest BCUT2D eigenvalue weighted by molar-refractivity contribution is 0.397. The molecule has 1 heterocycles. The van der Waals surface area contributed by atoms with E-state index >= 15 is 0 Å². The van der Waals surface area contributed by atoms with Gasteiger partial charge in [-0.25, -0.2) is 0 Å². The maximum absolute atomic E-state index is 6.24. The smallest absolute Gasteiger partial charge is 0.148 e. The Morgan fingerprint density at radius 3 is 2.41 bits per heavy atom. The number of nitrogens with zero attached hydrogens (tertiary/aromatic N) is 1. The van der Waals surface area contributed by atoms with Crippen LogP contribution in [0.25, 0.3) is 10.9 Å². The van der Waals surface area contributed by atoms with Gasteiger partial charge in [-0.05, 0) is 15.9 Å². The fourth-order valence-electron chi connectivity index (χ4n) is 1.53. The van der Waals surface area contributed by atoms with Crippen LogP contribution < -0.4 is 9.47 Å². The van der Waals surface area contributed by atoms with Crippen molar-refractivity contribution < 1.29 is 9.47 Å². The van der Waals surface area contributed by atoms with Crippen molar-refractivity contribution in [1.29, 1.82) is 0 Å². The summed E-state index contributed by atoms with van der Waals surface area (Å²) in [4.78, 5) is 4.22. The van der Waals surface area contributed by atoms with Crippen LogP contribution in [0.1, 0.15) is 0 Å². The van der Waals surface area contributed by atoms with Gasteiger partial charge in [0.15, 0.2) is 0 Å². The number of pyridine rings is 1. The Morgan fingerprint density at radius 1 is 1.18 bits per heavy atom. The maximum Gasteiger partial charge on any atom is 0.148 e. The van der Waals surface area contributed by atoms with Crippen LogP contribution in [0.4, 0.5) is 0 Å². The largest absolute Gasteiger partial charge is 0.495 e. The van der Waals surface area contributed by atoms with Gasteiger partial charge in [-0.2, -0.15) is 0 Å². The standard InChI is InChI=1S/C11H8BrCl2NO2/c1-16-6-3-7(17-2)11-8(10(6)14)9(12)5(13)4-15-11/h3-4H,1-2H3. The molecule has 6 heteroatoms. The van der Waals surface area contributed by atoms with Crippen molar-refractivity contribution in [2.24, 2.45) is 0 Å². The Hall–Kier alpha value is -0.710. The molecule has 0 radical (unpaired) electrons. The molecule has 0 bridgehead atoms. The van der Waals surface area contributed by atoms with Crippen molar-refractivity contribution in [1.82, 2.24) is 4.98 Å². The van der Waals surface area contributed by atoms with Gasteiger partial charge in [-0.3, -0.25) is 4.98 Å². The number of aromatic nitrogens is 1. The average molecular weight is 337 g/mol. The Morgan fingerprint density at radius 2 is 1.82 bits per heavy atom. The van der Waals surface area contributed by atoms with E-state index in [9.17, 15) is 0 Å². The summed E-state index contributed by atoms with van der Waals surface area (Å²) in [5, 5.41) is 1.61. The van der Waals surface area contributed by atoms with Crippen LogP contribution in [-0.4, -0.2) is 19.2 Å². The van der Waals surface area contributed by atoms with Crippen molar-refractivity contribution in [3.8, 4) is 11.5 Å². The van der Waals surface area contributed by atoms with E-state index in [1.54, 1.807) is 26.5 Å². The van der Waals surface area contributed by atoms with E-state index in [0.717, 1.165) is 0 Å². The van der Waals surface area contributed by atoms with Gasteiger partial charge < -0.3 is 9.47 Å².